The van der Waals surface area contributed by atoms with E-state index in [1.165, 1.54) is 18.4 Å². The third-order valence-corrected chi connectivity index (χ3v) is 6.97. The van der Waals surface area contributed by atoms with Crippen molar-refractivity contribution < 1.29 is 43.2 Å². The Balaban J connectivity index is 1.42. The number of fused-ring (bicyclic) bond motifs is 2. The van der Waals surface area contributed by atoms with E-state index < -0.39 is 47.7 Å². The van der Waals surface area contributed by atoms with E-state index in [0.29, 0.717) is 36.7 Å². The predicted molar refractivity (Wildman–Crippen MR) is 167 cm³/mol. The fourth-order valence-electron chi connectivity index (χ4n) is 4.82. The molecule has 1 aliphatic rings. The van der Waals surface area contributed by atoms with Gasteiger partial charge in [-0.3, -0.25) is 19.4 Å². The van der Waals surface area contributed by atoms with Crippen molar-refractivity contribution in [1.82, 2.24) is 10.6 Å². The number of nitrogens with zero attached hydrogens (tertiary/aromatic N) is 1. The molecule has 46 heavy (non-hydrogen) atoms. The zero-order chi connectivity index (χ0) is 33.4. The molecule has 2 atom stereocenters. The number of rotatable bonds is 14. The Morgan fingerprint density at radius 2 is 1.78 bits per heavy atom. The van der Waals surface area contributed by atoms with E-state index >= 15 is 0 Å². The summed E-state index contributed by atoms with van der Waals surface area (Å²) in [6.07, 6.45) is 1.86. The summed E-state index contributed by atoms with van der Waals surface area (Å²) in [4.78, 5) is 54.6. The van der Waals surface area contributed by atoms with Crippen molar-refractivity contribution in [3.63, 3.8) is 0 Å². The summed E-state index contributed by atoms with van der Waals surface area (Å²) < 4.78 is 22.3. The number of hydrogen-bond acceptors (Lipinski definition) is 10. The number of carbonyl (C=O) groups excluding carboxylic acids is 2. The van der Waals surface area contributed by atoms with Crippen LogP contribution in [0.4, 0.5) is 0 Å². The van der Waals surface area contributed by atoms with Crippen molar-refractivity contribution in [2.75, 3.05) is 26.4 Å². The summed E-state index contributed by atoms with van der Waals surface area (Å²) in [6, 6.07) is 5.30. The minimum atomic E-state index is -1.24. The summed E-state index contributed by atoms with van der Waals surface area (Å²) in [6.45, 7) is 4.14. The molecule has 0 radical (unpaired) electrons. The molecule has 2 heterocycles. The van der Waals surface area contributed by atoms with Crippen molar-refractivity contribution >= 4 is 34.7 Å². The highest BCUT2D eigenvalue weighted by Crippen LogP contribution is 2.35. The van der Waals surface area contributed by atoms with Crippen LogP contribution in [0.5, 0.6) is 23.0 Å². The number of hydrogen-bond donors (Lipinski definition) is 6. The van der Waals surface area contributed by atoms with Gasteiger partial charge in [0.05, 0.1) is 5.56 Å². The van der Waals surface area contributed by atoms with Crippen molar-refractivity contribution in [2.45, 2.75) is 45.2 Å². The number of phenols is 1. The molecular formula is C31H37N5O10. The molecule has 0 spiro atoms. The first kappa shape index (κ1) is 33.4. The lowest BCUT2D eigenvalue weighted by molar-refractivity contribution is -0.142. The van der Waals surface area contributed by atoms with Crippen LogP contribution in [-0.4, -0.2) is 72.4 Å². The normalized spacial score (nSPS) is 13.5. The molecule has 8 N–H and O–H groups in total. The molecule has 0 saturated carbocycles. The van der Waals surface area contributed by atoms with Gasteiger partial charge in [0.1, 0.15) is 54.0 Å². The van der Waals surface area contributed by atoms with E-state index in [9.17, 15) is 29.4 Å². The van der Waals surface area contributed by atoms with E-state index in [-0.39, 0.29) is 53.5 Å². The number of nitrogens with one attached hydrogen (secondary N) is 2. The Kier molecular flexibility index (Phi) is 10.9. The summed E-state index contributed by atoms with van der Waals surface area (Å²) >= 11 is 0. The minimum Gasteiger partial charge on any atom is -0.507 e. The van der Waals surface area contributed by atoms with Crippen LogP contribution in [0.2, 0.25) is 0 Å². The van der Waals surface area contributed by atoms with Gasteiger partial charge in [-0.15, -0.1) is 0 Å². The first-order valence-corrected chi connectivity index (χ1v) is 14.6. The first-order valence-electron chi connectivity index (χ1n) is 14.6. The highest BCUT2D eigenvalue weighted by Gasteiger charge is 2.27. The number of phenolic OH excluding ortho intramolecular Hbond substituents is 1. The second kappa shape index (κ2) is 15.0. The Morgan fingerprint density at radius 3 is 2.48 bits per heavy atom. The maximum atomic E-state index is 13.3. The van der Waals surface area contributed by atoms with Crippen LogP contribution in [0.1, 0.15) is 33.1 Å². The van der Waals surface area contributed by atoms with Gasteiger partial charge in [0.2, 0.25) is 11.3 Å². The minimum absolute atomic E-state index is 0.0190. The van der Waals surface area contributed by atoms with Gasteiger partial charge in [-0.1, -0.05) is 19.9 Å². The van der Waals surface area contributed by atoms with Crippen molar-refractivity contribution in [2.24, 2.45) is 22.4 Å². The van der Waals surface area contributed by atoms with Crippen molar-refractivity contribution in [1.29, 1.82) is 0 Å². The fraction of sp³-hybridized carbons (Fsp3) is 0.387. The smallest absolute Gasteiger partial charge is 0.326 e. The molecule has 0 bridgehead atoms. The number of benzene rings is 2. The Morgan fingerprint density at radius 1 is 1.04 bits per heavy atom. The number of ether oxygens (including phenoxy) is 3. The van der Waals surface area contributed by atoms with Gasteiger partial charge >= 0.3 is 5.97 Å². The quantitative estimate of drug-likeness (QED) is 0.0835. The van der Waals surface area contributed by atoms with Crippen LogP contribution >= 0.6 is 0 Å². The SMILES string of the molecule is CC(C)CC(NC(=O)COc1cc(O)c2c(=O)c(-c3ccc4c(c3)OCCO4)coc2c1)C(=O)NC(CCCN=C(N)N)C(=O)O. The maximum Gasteiger partial charge on any atom is 0.326 e. The van der Waals surface area contributed by atoms with Crippen LogP contribution < -0.4 is 41.7 Å². The van der Waals surface area contributed by atoms with Gasteiger partial charge < -0.3 is 50.9 Å². The van der Waals surface area contributed by atoms with Crippen LogP contribution in [0, 0.1) is 5.92 Å². The largest absolute Gasteiger partial charge is 0.507 e. The second-order valence-electron chi connectivity index (χ2n) is 11.0. The van der Waals surface area contributed by atoms with E-state index in [4.69, 9.17) is 30.1 Å². The fourth-order valence-corrected chi connectivity index (χ4v) is 4.82. The topological polar surface area (TPSA) is 238 Å². The Hall–Kier alpha value is -5.47. The highest BCUT2D eigenvalue weighted by atomic mass is 16.6. The van der Waals surface area contributed by atoms with Crippen LogP contribution in [-0.2, 0) is 14.4 Å². The number of carbonyl (C=O) groups is 3. The number of guanidine groups is 1. The Bertz CT molecular complexity index is 1680. The molecule has 1 aliphatic heterocycles. The molecule has 4 rings (SSSR count). The number of amides is 2. The molecule has 2 aromatic carbocycles. The standard InChI is InChI=1S/C31H37N5O10/c1-16(2)10-21(29(40)36-20(30(41)42)4-3-7-34-31(32)33)35-26(38)15-45-18-12-22(37)27-25(13-18)46-14-19(28(27)39)17-5-6-23-24(11-17)44-9-8-43-23/h5-6,11-14,16,20-21,37H,3-4,7-10,15H2,1-2H3,(H,35,38)(H,36,40)(H,41,42)(H4,32,33,34). The predicted octanol–water partition coefficient (Wildman–Crippen LogP) is 1.47. The average molecular weight is 640 g/mol. The number of carboxylic acid groups (broad SMARTS) is 1. The van der Waals surface area contributed by atoms with Gasteiger partial charge in [-0.25, -0.2) is 4.79 Å². The monoisotopic (exact) mass is 639 g/mol. The average Bonchev–Trinajstić information content (AvgIpc) is 3.00. The third-order valence-electron chi connectivity index (χ3n) is 6.97. The lowest BCUT2D eigenvalue weighted by Crippen LogP contribution is -2.52. The number of aromatic hydroxyl groups is 1. The number of aliphatic imine (C=N–C) groups is 1. The Labute approximate surface area is 263 Å². The van der Waals surface area contributed by atoms with Gasteiger partial charge in [0.25, 0.3) is 5.91 Å². The molecular weight excluding hydrogens is 602 g/mol. The van der Waals surface area contributed by atoms with Crippen LogP contribution in [0.15, 0.2) is 50.8 Å². The van der Waals surface area contributed by atoms with Crippen molar-refractivity contribution in [3.8, 4) is 34.1 Å². The van der Waals surface area contributed by atoms with E-state index in [2.05, 4.69) is 15.6 Å². The molecule has 15 heteroatoms. The zero-order valence-electron chi connectivity index (χ0n) is 25.4. The lowest BCUT2D eigenvalue weighted by Gasteiger charge is -2.23. The molecule has 1 aromatic heterocycles. The molecule has 3 aromatic rings. The maximum absolute atomic E-state index is 13.3. The molecule has 0 fully saturated rings. The van der Waals surface area contributed by atoms with Gasteiger partial charge in [-0.05, 0) is 42.9 Å². The van der Waals surface area contributed by atoms with E-state index in [1.807, 2.05) is 13.8 Å². The van der Waals surface area contributed by atoms with Gasteiger partial charge in [-0.2, -0.15) is 0 Å². The molecule has 0 saturated heterocycles. The van der Waals surface area contributed by atoms with Gasteiger partial charge in [0, 0.05) is 18.7 Å². The number of nitrogens with two attached hydrogens (primary N) is 2. The van der Waals surface area contributed by atoms with Crippen LogP contribution in [0.3, 0.4) is 0 Å². The lowest BCUT2D eigenvalue weighted by atomic mass is 10.0. The van der Waals surface area contributed by atoms with Gasteiger partial charge in [0.15, 0.2) is 24.1 Å². The summed E-state index contributed by atoms with van der Waals surface area (Å²) in [5.74, 6) is -2.06. The first-order chi connectivity index (χ1) is 21.9. The molecule has 15 nitrogen and oxygen atoms in total. The second-order valence-corrected chi connectivity index (χ2v) is 11.0. The molecule has 2 amide bonds. The zero-order valence-corrected chi connectivity index (χ0v) is 25.4. The highest BCUT2D eigenvalue weighted by molar-refractivity contribution is 5.91. The molecule has 2 unspecified atom stereocenters. The number of carboxylic acids is 1. The molecule has 0 aliphatic carbocycles. The van der Waals surface area contributed by atoms with Crippen LogP contribution in [0.25, 0.3) is 22.1 Å². The molecule has 246 valence electrons. The van der Waals surface area contributed by atoms with E-state index in [0.717, 1.165) is 0 Å². The summed E-state index contributed by atoms with van der Waals surface area (Å²) in [7, 11) is 0. The summed E-state index contributed by atoms with van der Waals surface area (Å²) in [5.41, 5.74) is 10.8. The van der Waals surface area contributed by atoms with Crippen molar-refractivity contribution in [3.05, 3.63) is 46.8 Å². The van der Waals surface area contributed by atoms with E-state index in [1.54, 1.807) is 18.2 Å². The number of aliphatic carboxylic acids is 1. The summed E-state index contributed by atoms with van der Waals surface area (Å²) in [5, 5.41) is 25.2. The third kappa shape index (κ3) is 8.58.